The molecule has 0 saturated heterocycles. The summed E-state index contributed by atoms with van der Waals surface area (Å²) in [5, 5.41) is 11.2. The quantitative estimate of drug-likeness (QED) is 0.810. The molecule has 0 spiro atoms. The van der Waals surface area contributed by atoms with Gasteiger partial charge in [0.2, 0.25) is 0 Å². The topological polar surface area (TPSA) is 69.6 Å². The Kier molecular flexibility index (Phi) is 6.54. The van der Waals surface area contributed by atoms with Crippen LogP contribution in [0.2, 0.25) is 0 Å². The monoisotopic (exact) mass is 256 g/mol. The van der Waals surface area contributed by atoms with Crippen molar-refractivity contribution >= 4 is 12.0 Å². The second-order valence-corrected chi connectivity index (χ2v) is 4.99. The molecule has 0 atom stereocenters. The summed E-state index contributed by atoms with van der Waals surface area (Å²) in [6.45, 7) is 0.200. The molecule has 2 amide bonds. The maximum absolute atomic E-state index is 11.8. The lowest BCUT2D eigenvalue weighted by molar-refractivity contribution is -0.136. The largest absolute Gasteiger partial charge is 0.481 e. The molecule has 0 unspecified atom stereocenters. The van der Waals surface area contributed by atoms with Gasteiger partial charge in [-0.3, -0.25) is 4.79 Å². The van der Waals surface area contributed by atoms with Crippen molar-refractivity contribution in [2.75, 3.05) is 13.6 Å². The van der Waals surface area contributed by atoms with E-state index in [1.165, 1.54) is 32.1 Å². The van der Waals surface area contributed by atoms with E-state index >= 15 is 0 Å². The van der Waals surface area contributed by atoms with Crippen molar-refractivity contribution in [2.45, 2.75) is 57.4 Å². The van der Waals surface area contributed by atoms with Crippen LogP contribution in [0.1, 0.15) is 51.4 Å². The van der Waals surface area contributed by atoms with Gasteiger partial charge in [-0.25, -0.2) is 4.79 Å². The summed E-state index contributed by atoms with van der Waals surface area (Å²) in [6, 6.07) is 0.150. The highest BCUT2D eigenvalue weighted by Crippen LogP contribution is 2.20. The summed E-state index contributed by atoms with van der Waals surface area (Å²) >= 11 is 0. The third-order valence-corrected chi connectivity index (χ3v) is 3.56. The number of carbonyl (C=O) groups excluding carboxylic acids is 1. The average Bonchev–Trinajstić information content (AvgIpc) is 2.27. The van der Waals surface area contributed by atoms with Gasteiger partial charge >= 0.3 is 12.0 Å². The van der Waals surface area contributed by atoms with Crippen molar-refractivity contribution < 1.29 is 14.7 Å². The van der Waals surface area contributed by atoms with Gasteiger partial charge in [-0.2, -0.15) is 0 Å². The van der Waals surface area contributed by atoms with Crippen LogP contribution in [0.3, 0.4) is 0 Å². The molecule has 1 aliphatic carbocycles. The standard InChI is InChI=1S/C13H24N2O3/c1-15(13(18)14-10-9-12(16)17)11-7-5-3-2-4-6-8-11/h11H,2-10H2,1H3,(H,14,18)(H,16,17). The van der Waals surface area contributed by atoms with Crippen molar-refractivity contribution in [3.63, 3.8) is 0 Å². The van der Waals surface area contributed by atoms with Gasteiger partial charge in [0.15, 0.2) is 0 Å². The Morgan fingerprint density at radius 3 is 2.28 bits per heavy atom. The van der Waals surface area contributed by atoms with E-state index in [1.54, 1.807) is 4.90 Å². The molecule has 0 aromatic carbocycles. The Bertz CT molecular complexity index is 273. The Morgan fingerprint density at radius 1 is 1.17 bits per heavy atom. The molecule has 0 aromatic heterocycles. The van der Waals surface area contributed by atoms with Gasteiger partial charge in [0.1, 0.15) is 0 Å². The average molecular weight is 256 g/mol. The lowest BCUT2D eigenvalue weighted by Gasteiger charge is -2.29. The van der Waals surface area contributed by atoms with Gasteiger partial charge in [0.25, 0.3) is 0 Å². The number of amides is 2. The normalized spacial score (nSPS) is 17.6. The number of rotatable bonds is 4. The van der Waals surface area contributed by atoms with Gasteiger partial charge in [-0.05, 0) is 12.8 Å². The Labute approximate surface area is 109 Å². The van der Waals surface area contributed by atoms with Gasteiger partial charge in [-0.1, -0.05) is 32.1 Å². The van der Waals surface area contributed by atoms with E-state index in [0.29, 0.717) is 6.04 Å². The highest BCUT2D eigenvalue weighted by Gasteiger charge is 2.20. The number of carboxylic acid groups (broad SMARTS) is 1. The summed E-state index contributed by atoms with van der Waals surface area (Å²) in [4.78, 5) is 24.0. The first kappa shape index (κ1) is 14.8. The van der Waals surface area contributed by atoms with E-state index in [4.69, 9.17) is 5.11 Å². The molecule has 0 radical (unpaired) electrons. The van der Waals surface area contributed by atoms with Gasteiger partial charge < -0.3 is 15.3 Å². The van der Waals surface area contributed by atoms with E-state index < -0.39 is 5.97 Å². The lowest BCUT2D eigenvalue weighted by atomic mass is 9.96. The van der Waals surface area contributed by atoms with Crippen LogP contribution in [-0.2, 0) is 4.79 Å². The zero-order chi connectivity index (χ0) is 13.4. The SMILES string of the molecule is CN(C(=O)NCCC(=O)O)C1CCCCCCC1. The predicted octanol–water partition coefficient (Wildman–Crippen LogP) is 2.22. The third-order valence-electron chi connectivity index (χ3n) is 3.56. The first-order chi connectivity index (χ1) is 8.61. The van der Waals surface area contributed by atoms with Crippen LogP contribution in [0.4, 0.5) is 4.79 Å². The molecule has 1 aliphatic rings. The highest BCUT2D eigenvalue weighted by molar-refractivity contribution is 5.75. The minimum atomic E-state index is -0.885. The molecular weight excluding hydrogens is 232 g/mol. The highest BCUT2D eigenvalue weighted by atomic mass is 16.4. The summed E-state index contributed by atoms with van der Waals surface area (Å²) in [5.74, 6) is -0.885. The Balaban J connectivity index is 2.33. The molecule has 0 aromatic rings. The van der Waals surface area contributed by atoms with Crippen LogP contribution in [-0.4, -0.2) is 41.6 Å². The van der Waals surface area contributed by atoms with Crippen LogP contribution in [0.25, 0.3) is 0 Å². The van der Waals surface area contributed by atoms with Crippen molar-refractivity contribution in [3.05, 3.63) is 0 Å². The van der Waals surface area contributed by atoms with Gasteiger partial charge in [-0.15, -0.1) is 0 Å². The first-order valence-electron chi connectivity index (χ1n) is 6.83. The zero-order valence-electron chi connectivity index (χ0n) is 11.2. The third kappa shape index (κ3) is 5.38. The molecular formula is C13H24N2O3. The number of hydrogen-bond acceptors (Lipinski definition) is 2. The molecule has 18 heavy (non-hydrogen) atoms. The lowest BCUT2D eigenvalue weighted by Crippen LogP contribution is -2.44. The maximum atomic E-state index is 11.8. The maximum Gasteiger partial charge on any atom is 0.317 e. The number of hydrogen-bond donors (Lipinski definition) is 2. The van der Waals surface area contributed by atoms with Gasteiger partial charge in [0.05, 0.1) is 6.42 Å². The first-order valence-corrected chi connectivity index (χ1v) is 6.83. The minimum absolute atomic E-state index is 0.0236. The summed E-state index contributed by atoms with van der Waals surface area (Å²) in [6.07, 6.45) is 8.27. The fourth-order valence-corrected chi connectivity index (χ4v) is 2.39. The molecule has 1 fully saturated rings. The predicted molar refractivity (Wildman–Crippen MR) is 69.5 cm³/mol. The Hall–Kier alpha value is -1.26. The molecule has 0 bridgehead atoms. The number of carboxylic acids is 1. The zero-order valence-corrected chi connectivity index (χ0v) is 11.2. The molecule has 1 rings (SSSR count). The van der Waals surface area contributed by atoms with Crippen LogP contribution in [0.15, 0.2) is 0 Å². The Morgan fingerprint density at radius 2 is 1.72 bits per heavy atom. The van der Waals surface area contributed by atoms with Crippen molar-refractivity contribution in [1.29, 1.82) is 0 Å². The number of carbonyl (C=O) groups is 2. The van der Waals surface area contributed by atoms with Crippen LogP contribution in [0.5, 0.6) is 0 Å². The summed E-state index contributed by atoms with van der Waals surface area (Å²) < 4.78 is 0. The van der Waals surface area contributed by atoms with E-state index in [0.717, 1.165) is 12.8 Å². The molecule has 2 N–H and O–H groups in total. The molecule has 0 aliphatic heterocycles. The van der Waals surface area contributed by atoms with E-state index in [1.807, 2.05) is 7.05 Å². The van der Waals surface area contributed by atoms with Crippen molar-refractivity contribution in [1.82, 2.24) is 10.2 Å². The minimum Gasteiger partial charge on any atom is -0.481 e. The molecule has 1 saturated carbocycles. The number of urea groups is 1. The molecule has 104 valence electrons. The van der Waals surface area contributed by atoms with Crippen LogP contribution in [0, 0.1) is 0 Å². The van der Waals surface area contributed by atoms with Crippen molar-refractivity contribution in [2.24, 2.45) is 0 Å². The molecule has 5 nitrogen and oxygen atoms in total. The van der Waals surface area contributed by atoms with Crippen molar-refractivity contribution in [3.8, 4) is 0 Å². The summed E-state index contributed by atoms with van der Waals surface area (Å²) in [5.41, 5.74) is 0. The van der Waals surface area contributed by atoms with E-state index in [-0.39, 0.29) is 19.0 Å². The fourth-order valence-electron chi connectivity index (χ4n) is 2.39. The summed E-state index contributed by atoms with van der Waals surface area (Å²) in [7, 11) is 1.81. The molecule has 0 heterocycles. The fraction of sp³-hybridized carbons (Fsp3) is 0.846. The molecule has 5 heteroatoms. The van der Waals surface area contributed by atoms with Crippen LogP contribution < -0.4 is 5.32 Å². The van der Waals surface area contributed by atoms with Gasteiger partial charge in [0, 0.05) is 19.6 Å². The number of aliphatic carboxylic acids is 1. The number of nitrogens with zero attached hydrogens (tertiary/aromatic N) is 1. The second kappa shape index (κ2) is 7.95. The van der Waals surface area contributed by atoms with Crippen LogP contribution >= 0.6 is 0 Å². The smallest absolute Gasteiger partial charge is 0.317 e. The van der Waals surface area contributed by atoms with E-state index in [9.17, 15) is 9.59 Å². The second-order valence-electron chi connectivity index (χ2n) is 4.99. The van der Waals surface area contributed by atoms with E-state index in [2.05, 4.69) is 5.32 Å². The number of nitrogens with one attached hydrogen (secondary N) is 1.